The van der Waals surface area contributed by atoms with Crippen molar-refractivity contribution in [2.75, 3.05) is 28.2 Å². The molecule has 0 aliphatic heterocycles. The summed E-state index contributed by atoms with van der Waals surface area (Å²) in [5.41, 5.74) is 9.87. The number of aliphatic carboxylic acids is 2. The lowest BCUT2D eigenvalue weighted by Gasteiger charge is -2.13. The molecule has 0 radical (unpaired) electrons. The summed E-state index contributed by atoms with van der Waals surface area (Å²) in [4.78, 5) is 22.3. The molecule has 0 spiro atoms. The lowest BCUT2D eigenvalue weighted by atomic mass is 10.3. The highest BCUT2D eigenvalue weighted by molar-refractivity contribution is 5.95. The molecule has 26 heavy (non-hydrogen) atoms. The van der Waals surface area contributed by atoms with Gasteiger partial charge < -0.3 is 31.5 Å². The zero-order chi connectivity index (χ0) is 21.4. The molecule has 0 aromatic carbocycles. The van der Waals surface area contributed by atoms with Crippen LogP contribution in [-0.2, 0) is 9.59 Å². The van der Waals surface area contributed by atoms with Gasteiger partial charge in [-0.25, -0.2) is 0 Å². The Kier molecular flexibility index (Phi) is 15.7. The highest BCUT2D eigenvalue weighted by Gasteiger charge is 2.00. The van der Waals surface area contributed by atoms with E-state index in [0.29, 0.717) is 0 Å². The number of carboxylic acid groups (broad SMARTS) is 2. The monoisotopic (exact) mass is 376 g/mol. The second-order valence-electron chi connectivity index (χ2n) is 4.85. The van der Waals surface area contributed by atoms with Gasteiger partial charge in [-0.1, -0.05) is 0 Å². The fourth-order valence-electron chi connectivity index (χ4n) is 0.693. The Morgan fingerprint density at radius 1 is 0.769 bits per heavy atom. The van der Waals surface area contributed by atoms with Crippen molar-refractivity contribution in [3.05, 3.63) is 0 Å². The third-order valence-electron chi connectivity index (χ3n) is 1.95. The van der Waals surface area contributed by atoms with Gasteiger partial charge in [-0.2, -0.15) is 0 Å². The summed E-state index contributed by atoms with van der Waals surface area (Å²) < 4.78 is 0. The van der Waals surface area contributed by atoms with Crippen LogP contribution in [0.2, 0.25) is 0 Å². The van der Waals surface area contributed by atoms with Crippen molar-refractivity contribution >= 4 is 35.8 Å². The molecule has 0 fully saturated rings. The number of carbonyl (C=O) groups is 2. The Bertz CT molecular complexity index is 472. The first-order chi connectivity index (χ1) is 11.7. The van der Waals surface area contributed by atoms with E-state index >= 15 is 0 Å². The first-order valence-electron chi connectivity index (χ1n) is 6.88. The van der Waals surface area contributed by atoms with Crippen molar-refractivity contribution in [1.29, 1.82) is 21.6 Å². The Morgan fingerprint density at radius 3 is 1.08 bits per heavy atom. The zero-order valence-electron chi connectivity index (χ0n) is 15.2. The smallest absolute Gasteiger partial charge is 0.303 e. The fourth-order valence-corrected chi connectivity index (χ4v) is 0.693. The first-order valence-corrected chi connectivity index (χ1v) is 6.88. The Balaban J connectivity index is -0.000000306. The average Bonchev–Trinajstić information content (AvgIpc) is 2.44. The lowest BCUT2D eigenvalue weighted by Crippen LogP contribution is -2.42. The number of rotatable bonds is 3. The summed E-state index contributed by atoms with van der Waals surface area (Å²) in [5, 5.41) is 48.0. The third kappa shape index (κ3) is 25.4. The predicted molar refractivity (Wildman–Crippen MR) is 97.4 cm³/mol. The van der Waals surface area contributed by atoms with Crippen molar-refractivity contribution in [3.8, 4) is 0 Å². The maximum absolute atomic E-state index is 9.64. The van der Waals surface area contributed by atoms with E-state index in [4.69, 9.17) is 43.3 Å². The van der Waals surface area contributed by atoms with E-state index < -0.39 is 11.9 Å². The molecule has 0 aliphatic carbocycles. The SMILES string of the molecule is CN(C)C(=N)NC(=N)N.CN(C)C(=N)NC(=N)N.O=C(O)CCC(=O)O. The molecule has 0 bridgehead atoms. The molecule has 0 heterocycles. The third-order valence-corrected chi connectivity index (χ3v) is 1.95. The van der Waals surface area contributed by atoms with Gasteiger partial charge >= 0.3 is 11.9 Å². The Labute approximate surface area is 151 Å². The highest BCUT2D eigenvalue weighted by atomic mass is 16.4. The maximum atomic E-state index is 9.64. The molecule has 0 rings (SSSR count). The predicted octanol–water partition coefficient (Wildman–Crippen LogP) is -2.13. The van der Waals surface area contributed by atoms with Gasteiger partial charge in [0.15, 0.2) is 23.8 Å². The van der Waals surface area contributed by atoms with Crippen LogP contribution in [0.5, 0.6) is 0 Å². The molecule has 0 saturated carbocycles. The fraction of sp³-hybridized carbons (Fsp3) is 0.500. The van der Waals surface area contributed by atoms with Gasteiger partial charge in [0.25, 0.3) is 0 Å². The van der Waals surface area contributed by atoms with Crippen LogP contribution in [0.25, 0.3) is 0 Å². The number of nitrogens with one attached hydrogen (secondary N) is 6. The molecule has 0 amide bonds. The van der Waals surface area contributed by atoms with Gasteiger partial charge in [0.2, 0.25) is 0 Å². The van der Waals surface area contributed by atoms with Crippen LogP contribution in [0.1, 0.15) is 12.8 Å². The van der Waals surface area contributed by atoms with Crippen molar-refractivity contribution < 1.29 is 19.8 Å². The number of hydrogen-bond acceptors (Lipinski definition) is 6. The van der Waals surface area contributed by atoms with Crippen LogP contribution < -0.4 is 22.1 Å². The molecular weight excluding hydrogens is 348 g/mol. The van der Waals surface area contributed by atoms with Crippen LogP contribution >= 0.6 is 0 Å². The summed E-state index contributed by atoms with van der Waals surface area (Å²) in [5.74, 6) is -2.35. The van der Waals surface area contributed by atoms with E-state index in [-0.39, 0.29) is 36.7 Å². The van der Waals surface area contributed by atoms with Gasteiger partial charge in [0, 0.05) is 28.2 Å². The molecule has 150 valence electrons. The molecule has 12 N–H and O–H groups in total. The van der Waals surface area contributed by atoms with E-state index in [1.54, 1.807) is 28.2 Å². The molecule has 0 atom stereocenters. The highest BCUT2D eigenvalue weighted by Crippen LogP contribution is 1.86. The average molecular weight is 376 g/mol. The molecular formula is C12H28N10O4. The number of carboxylic acids is 2. The standard InChI is InChI=1S/2C4H11N5.C4H6O4/c2*1-9(2)4(7)8-3(5)6;5-3(6)1-2-4(7)8/h2*1-2H3,(H5,5,6,7,8);1-2H2,(H,5,6)(H,7,8). The first kappa shape index (κ1) is 27.3. The van der Waals surface area contributed by atoms with Crippen LogP contribution in [0.3, 0.4) is 0 Å². The molecule has 0 aliphatic rings. The van der Waals surface area contributed by atoms with E-state index in [9.17, 15) is 9.59 Å². The van der Waals surface area contributed by atoms with Crippen LogP contribution in [0.15, 0.2) is 0 Å². The minimum absolute atomic E-state index is 0.113. The number of guanidine groups is 4. The van der Waals surface area contributed by atoms with Gasteiger partial charge in [-0.3, -0.25) is 41.9 Å². The molecule has 0 unspecified atom stereocenters. The van der Waals surface area contributed by atoms with Crippen molar-refractivity contribution in [2.24, 2.45) is 11.5 Å². The van der Waals surface area contributed by atoms with Gasteiger partial charge in [0.1, 0.15) is 0 Å². The van der Waals surface area contributed by atoms with E-state index in [1.165, 1.54) is 9.80 Å². The lowest BCUT2D eigenvalue weighted by molar-refractivity contribution is -0.143. The van der Waals surface area contributed by atoms with Crippen LogP contribution in [-0.4, -0.2) is 84.0 Å². The normalized spacial score (nSPS) is 8.31. The van der Waals surface area contributed by atoms with Crippen LogP contribution in [0.4, 0.5) is 0 Å². The summed E-state index contributed by atoms with van der Waals surface area (Å²) in [6.45, 7) is 0. The van der Waals surface area contributed by atoms with Crippen molar-refractivity contribution in [2.45, 2.75) is 12.8 Å². The molecule has 0 saturated heterocycles. The minimum Gasteiger partial charge on any atom is -0.481 e. The molecule has 14 nitrogen and oxygen atoms in total. The summed E-state index contributed by atoms with van der Waals surface area (Å²) in [6, 6.07) is 0. The second-order valence-corrected chi connectivity index (χ2v) is 4.85. The van der Waals surface area contributed by atoms with E-state index in [1.807, 2.05) is 0 Å². The Morgan fingerprint density at radius 2 is 1.00 bits per heavy atom. The second kappa shape index (κ2) is 15.0. The number of nitrogens with two attached hydrogens (primary N) is 2. The number of hydrogen-bond donors (Lipinski definition) is 10. The topological polar surface area (TPSA) is 253 Å². The maximum Gasteiger partial charge on any atom is 0.303 e. The summed E-state index contributed by atoms with van der Waals surface area (Å²) in [6.07, 6.45) is -0.593. The zero-order valence-corrected chi connectivity index (χ0v) is 15.2. The van der Waals surface area contributed by atoms with Gasteiger partial charge in [0.05, 0.1) is 12.8 Å². The van der Waals surface area contributed by atoms with E-state index in [2.05, 4.69) is 10.6 Å². The Hall–Kier alpha value is -3.58. The largest absolute Gasteiger partial charge is 0.481 e. The minimum atomic E-state index is -1.08. The molecule has 0 aromatic heterocycles. The number of nitrogens with zero attached hydrogens (tertiary/aromatic N) is 2. The van der Waals surface area contributed by atoms with Gasteiger partial charge in [-0.15, -0.1) is 0 Å². The van der Waals surface area contributed by atoms with E-state index in [0.717, 1.165) is 0 Å². The van der Waals surface area contributed by atoms with Crippen molar-refractivity contribution in [3.63, 3.8) is 0 Å². The molecule has 0 aromatic rings. The quantitative estimate of drug-likeness (QED) is 0.189. The summed E-state index contributed by atoms with van der Waals surface area (Å²) in [7, 11) is 6.77. The molecule has 14 heteroatoms. The van der Waals surface area contributed by atoms with Crippen LogP contribution in [0, 0.1) is 21.6 Å². The van der Waals surface area contributed by atoms with Crippen molar-refractivity contribution in [1.82, 2.24) is 20.4 Å². The summed E-state index contributed by atoms with van der Waals surface area (Å²) >= 11 is 0. The van der Waals surface area contributed by atoms with Gasteiger partial charge in [-0.05, 0) is 0 Å².